The van der Waals surface area contributed by atoms with Crippen LogP contribution in [0, 0.1) is 0 Å². The number of hydrogen-bond acceptors (Lipinski definition) is 8. The zero-order valence-corrected chi connectivity index (χ0v) is 20.4. The number of hydrogen-bond donors (Lipinski definition) is 0. The van der Waals surface area contributed by atoms with E-state index >= 15 is 0 Å². The summed E-state index contributed by atoms with van der Waals surface area (Å²) in [5.41, 5.74) is 0.415. The monoisotopic (exact) mass is 497 g/mol. The number of azo groups is 1. The normalized spacial score (nSPS) is 11.7. The maximum atomic E-state index is 13.0. The number of halogens is 2. The van der Waals surface area contributed by atoms with E-state index < -0.39 is 17.7 Å². The van der Waals surface area contributed by atoms with Gasteiger partial charge in [-0.2, -0.15) is 10.2 Å². The highest BCUT2D eigenvalue weighted by molar-refractivity contribution is 6.39. The molecule has 33 heavy (non-hydrogen) atoms. The third kappa shape index (κ3) is 6.49. The highest BCUT2D eigenvalue weighted by Gasteiger charge is 2.30. The number of ketones is 1. The summed E-state index contributed by atoms with van der Waals surface area (Å²) >= 11 is 12.4. The Morgan fingerprint density at radius 2 is 1.73 bits per heavy atom. The van der Waals surface area contributed by atoms with E-state index in [-0.39, 0.29) is 17.1 Å². The van der Waals surface area contributed by atoms with Crippen LogP contribution in [0.25, 0.3) is 0 Å². The summed E-state index contributed by atoms with van der Waals surface area (Å²) in [5, 5.41) is 8.35. The van der Waals surface area contributed by atoms with E-state index in [0.717, 1.165) is 4.42 Å². The van der Waals surface area contributed by atoms with Crippen LogP contribution in [-0.4, -0.2) is 45.2 Å². The van der Waals surface area contributed by atoms with Gasteiger partial charge in [0.1, 0.15) is 22.9 Å². The molecule has 0 heterocycles. The molecule has 2 aromatic carbocycles. The number of nitrogens with zero attached hydrogens (tertiary/aromatic N) is 3. The fourth-order valence-electron chi connectivity index (χ4n) is 2.78. The molecular weight excluding hydrogens is 473 g/mol. The molecule has 0 radical (unpaired) electrons. The molecule has 11 heteroatoms. The first-order valence-electron chi connectivity index (χ1n) is 9.99. The van der Waals surface area contributed by atoms with Gasteiger partial charge in [-0.25, -0.2) is 4.42 Å². The summed E-state index contributed by atoms with van der Waals surface area (Å²) in [5.74, 6) is 0.0562. The van der Waals surface area contributed by atoms with E-state index in [1.54, 1.807) is 25.1 Å². The van der Waals surface area contributed by atoms with Crippen molar-refractivity contribution in [1.82, 2.24) is 0 Å². The maximum Gasteiger partial charge on any atom is 0.276 e. The Morgan fingerprint density at radius 1 is 1.03 bits per heavy atom. The van der Waals surface area contributed by atoms with Crippen LogP contribution in [0.2, 0.25) is 5.02 Å². The molecule has 2 rings (SSSR count). The van der Waals surface area contributed by atoms with Crippen molar-refractivity contribution in [1.29, 1.82) is 0 Å². The number of anilines is 1. The van der Waals surface area contributed by atoms with Gasteiger partial charge in [0.15, 0.2) is 17.3 Å². The minimum absolute atomic E-state index is 0.204. The topological polar surface area (TPSA) is 99.0 Å². The maximum absolute atomic E-state index is 13.0. The molecule has 0 saturated carbocycles. The quantitative estimate of drug-likeness (QED) is 0.234. The van der Waals surface area contributed by atoms with E-state index in [1.165, 1.54) is 33.3 Å². The van der Waals surface area contributed by atoms with Gasteiger partial charge in [0.25, 0.3) is 5.91 Å². The lowest BCUT2D eigenvalue weighted by Gasteiger charge is -2.19. The Kier molecular flexibility index (Phi) is 9.74. The molecule has 1 unspecified atom stereocenters. The predicted octanol–water partition coefficient (Wildman–Crippen LogP) is 5.38. The number of rotatable bonds is 11. The van der Waals surface area contributed by atoms with Crippen LogP contribution in [0.4, 0.5) is 11.4 Å². The van der Waals surface area contributed by atoms with Gasteiger partial charge in [-0.3, -0.25) is 9.59 Å². The zero-order valence-electron chi connectivity index (χ0n) is 18.9. The molecule has 1 amide bonds. The van der Waals surface area contributed by atoms with Crippen LogP contribution in [0.5, 0.6) is 23.0 Å². The molecule has 0 bridgehead atoms. The number of benzene rings is 2. The summed E-state index contributed by atoms with van der Waals surface area (Å²) in [7, 11) is 2.91. The highest BCUT2D eigenvalue weighted by atomic mass is 35.5. The zero-order chi connectivity index (χ0) is 24.5. The second-order valence-corrected chi connectivity index (χ2v) is 7.28. The van der Waals surface area contributed by atoms with Crippen molar-refractivity contribution in [2.75, 3.05) is 31.9 Å². The molecule has 0 fully saturated rings. The second kappa shape index (κ2) is 12.3. The van der Waals surface area contributed by atoms with Crippen molar-refractivity contribution < 1.29 is 28.5 Å². The highest BCUT2D eigenvalue weighted by Crippen LogP contribution is 2.41. The van der Waals surface area contributed by atoms with Crippen molar-refractivity contribution >= 4 is 46.4 Å². The Balaban J connectivity index is 2.42. The predicted molar refractivity (Wildman–Crippen MR) is 126 cm³/mol. The minimum Gasteiger partial charge on any atom is -0.497 e. The fourth-order valence-corrected chi connectivity index (χ4v) is 3.21. The van der Waals surface area contributed by atoms with Gasteiger partial charge in [-0.1, -0.05) is 11.6 Å². The lowest BCUT2D eigenvalue weighted by Crippen LogP contribution is -2.36. The largest absolute Gasteiger partial charge is 0.497 e. The van der Waals surface area contributed by atoms with Gasteiger partial charge in [-0.15, -0.1) is 0 Å². The molecule has 0 aliphatic carbocycles. The Labute approximate surface area is 202 Å². The van der Waals surface area contributed by atoms with E-state index in [9.17, 15) is 9.59 Å². The second-order valence-electron chi connectivity index (χ2n) is 6.50. The van der Waals surface area contributed by atoms with E-state index in [0.29, 0.717) is 35.5 Å². The Hall–Kier alpha value is -3.04. The Bertz CT molecular complexity index is 1030. The summed E-state index contributed by atoms with van der Waals surface area (Å²) < 4.78 is 22.4. The van der Waals surface area contributed by atoms with Crippen LogP contribution in [0.15, 0.2) is 40.6 Å². The van der Waals surface area contributed by atoms with Crippen LogP contribution < -0.4 is 23.4 Å². The van der Waals surface area contributed by atoms with Crippen LogP contribution in [0.1, 0.15) is 20.8 Å². The third-order valence-corrected chi connectivity index (χ3v) is 4.85. The summed E-state index contributed by atoms with van der Waals surface area (Å²) in [6.45, 7) is 5.51. The van der Waals surface area contributed by atoms with Gasteiger partial charge >= 0.3 is 0 Å². The van der Waals surface area contributed by atoms with E-state index in [1.807, 2.05) is 6.92 Å². The van der Waals surface area contributed by atoms with Gasteiger partial charge in [0.2, 0.25) is 6.04 Å². The van der Waals surface area contributed by atoms with E-state index in [2.05, 4.69) is 10.2 Å². The fraction of sp³-hybridized carbons (Fsp3) is 0.364. The molecule has 0 saturated heterocycles. The number of amides is 1. The molecule has 1 atom stereocenters. The van der Waals surface area contributed by atoms with Gasteiger partial charge in [0.05, 0.1) is 27.4 Å². The van der Waals surface area contributed by atoms with E-state index in [4.69, 9.17) is 42.3 Å². The number of carbonyl (C=O) groups is 2. The SMILES string of the molecule is CCOc1cc(Cl)cc(N=NC(C(C)=O)C(=O)N(Cl)c2ccc(OC)cc2OC)c1OCC. The number of ether oxygens (including phenoxy) is 4. The minimum atomic E-state index is -1.52. The molecule has 0 N–H and O–H groups in total. The summed E-state index contributed by atoms with van der Waals surface area (Å²) in [6.07, 6.45) is 0. The Morgan fingerprint density at radius 3 is 2.30 bits per heavy atom. The molecule has 0 aromatic heterocycles. The average molecular weight is 498 g/mol. The number of Topliss-reactive ketones (excluding diaryl/α,β-unsaturated/α-hetero) is 1. The number of carbonyl (C=O) groups excluding carboxylic acids is 2. The standard InChI is InChI=1S/C22H25Cl2N3O6/c1-6-32-19-11-14(23)10-16(21(19)33-7-2)25-26-20(13(3)28)22(29)27(24)17-9-8-15(30-4)12-18(17)31-5/h8-12,20H,6-7H2,1-5H3. The molecule has 178 valence electrons. The molecule has 0 spiro atoms. The first-order chi connectivity index (χ1) is 15.8. The van der Waals surface area contributed by atoms with Crippen LogP contribution in [-0.2, 0) is 9.59 Å². The van der Waals surface area contributed by atoms with Crippen molar-refractivity contribution in [3.8, 4) is 23.0 Å². The first kappa shape index (κ1) is 26.2. The average Bonchev–Trinajstić information content (AvgIpc) is 2.80. The molecule has 0 aliphatic heterocycles. The van der Waals surface area contributed by atoms with Gasteiger partial charge in [0, 0.05) is 28.9 Å². The molecular formula is C22H25Cl2N3O6. The molecule has 0 aliphatic rings. The summed E-state index contributed by atoms with van der Waals surface area (Å²) in [6, 6.07) is 6.23. The lowest BCUT2D eigenvalue weighted by atomic mass is 10.2. The van der Waals surface area contributed by atoms with Crippen molar-refractivity contribution in [2.24, 2.45) is 10.2 Å². The van der Waals surface area contributed by atoms with Gasteiger partial charge < -0.3 is 18.9 Å². The van der Waals surface area contributed by atoms with Crippen molar-refractivity contribution in [3.63, 3.8) is 0 Å². The molecule has 9 nitrogen and oxygen atoms in total. The summed E-state index contributed by atoms with van der Waals surface area (Å²) in [4.78, 5) is 25.3. The molecule has 2 aromatic rings. The third-order valence-electron chi connectivity index (χ3n) is 4.28. The van der Waals surface area contributed by atoms with Crippen LogP contribution >= 0.6 is 23.4 Å². The van der Waals surface area contributed by atoms with Gasteiger partial charge in [-0.05, 0) is 39.0 Å². The van der Waals surface area contributed by atoms with Crippen LogP contribution in [0.3, 0.4) is 0 Å². The van der Waals surface area contributed by atoms with Crippen molar-refractivity contribution in [3.05, 3.63) is 35.4 Å². The lowest BCUT2D eigenvalue weighted by molar-refractivity contribution is -0.126. The smallest absolute Gasteiger partial charge is 0.276 e. The van der Waals surface area contributed by atoms with Crippen molar-refractivity contribution in [2.45, 2.75) is 26.8 Å². The number of methoxy groups -OCH3 is 2. The first-order valence-corrected chi connectivity index (χ1v) is 10.7.